The van der Waals surface area contributed by atoms with Crippen molar-refractivity contribution in [3.8, 4) is 0 Å². The van der Waals surface area contributed by atoms with Crippen molar-refractivity contribution in [2.24, 2.45) is 5.41 Å². The zero-order valence-electron chi connectivity index (χ0n) is 10.8. The highest BCUT2D eigenvalue weighted by atomic mass is 16.3. The van der Waals surface area contributed by atoms with Crippen LogP contribution in [-0.4, -0.2) is 10.9 Å². The third-order valence-corrected chi connectivity index (χ3v) is 3.97. The summed E-state index contributed by atoms with van der Waals surface area (Å²) >= 11 is 0. The summed E-state index contributed by atoms with van der Waals surface area (Å²) in [6, 6.07) is 9.54. The van der Waals surface area contributed by atoms with Crippen molar-refractivity contribution in [2.75, 3.05) is 5.32 Å². The lowest BCUT2D eigenvalue weighted by molar-refractivity contribution is -0.117. The van der Waals surface area contributed by atoms with Gasteiger partial charge in [0, 0.05) is 24.2 Å². The van der Waals surface area contributed by atoms with E-state index in [0.717, 1.165) is 18.5 Å². The van der Waals surface area contributed by atoms with Crippen LogP contribution in [0, 0.1) is 5.41 Å². The summed E-state index contributed by atoms with van der Waals surface area (Å²) in [5.41, 5.74) is 1.80. The van der Waals surface area contributed by atoms with E-state index in [-0.39, 0.29) is 17.0 Å². The average molecular weight is 255 g/mol. The summed E-state index contributed by atoms with van der Waals surface area (Å²) in [7, 11) is 0. The molecule has 0 atom stereocenters. The summed E-state index contributed by atoms with van der Waals surface area (Å²) in [5.74, 6) is 0.205. The first-order valence-electron chi connectivity index (χ1n) is 6.56. The second kappa shape index (κ2) is 4.26. The fraction of sp³-hybridized carbons (Fsp3) is 0.312. The molecule has 1 spiro atoms. The molecule has 19 heavy (non-hydrogen) atoms. The normalized spacial score (nSPS) is 20.5. The van der Waals surface area contributed by atoms with Gasteiger partial charge in [0.2, 0.25) is 0 Å². The van der Waals surface area contributed by atoms with Crippen LogP contribution in [0.25, 0.3) is 0 Å². The molecule has 0 amide bonds. The van der Waals surface area contributed by atoms with E-state index in [9.17, 15) is 9.90 Å². The van der Waals surface area contributed by atoms with Gasteiger partial charge in [-0.1, -0.05) is 24.8 Å². The molecule has 0 heterocycles. The molecule has 0 unspecified atom stereocenters. The van der Waals surface area contributed by atoms with Gasteiger partial charge in [0.15, 0.2) is 5.78 Å². The fourth-order valence-corrected chi connectivity index (χ4v) is 2.73. The number of rotatable bonds is 3. The van der Waals surface area contributed by atoms with Gasteiger partial charge in [-0.3, -0.25) is 4.79 Å². The Balaban J connectivity index is 1.81. The maximum absolute atomic E-state index is 12.2. The number of carbonyl (C=O) groups excluding carboxylic acids is 1. The lowest BCUT2D eigenvalue weighted by Gasteiger charge is -2.24. The van der Waals surface area contributed by atoms with Crippen molar-refractivity contribution in [2.45, 2.75) is 25.7 Å². The molecule has 0 aromatic heterocycles. The van der Waals surface area contributed by atoms with E-state index < -0.39 is 0 Å². The number of para-hydroxylation sites is 1. The molecule has 1 saturated carbocycles. The molecular weight excluding hydrogens is 238 g/mol. The average Bonchev–Trinajstić information content (AvgIpc) is 3.08. The number of aliphatic hydroxyl groups is 1. The van der Waals surface area contributed by atoms with Crippen molar-refractivity contribution in [3.05, 3.63) is 53.9 Å². The summed E-state index contributed by atoms with van der Waals surface area (Å²) in [6.45, 7) is 3.89. The lowest BCUT2D eigenvalue weighted by atomic mass is 9.83. The van der Waals surface area contributed by atoms with Crippen molar-refractivity contribution in [3.63, 3.8) is 0 Å². The first kappa shape index (κ1) is 12.0. The molecule has 1 fully saturated rings. The zero-order chi connectivity index (χ0) is 13.5. The van der Waals surface area contributed by atoms with E-state index >= 15 is 0 Å². The van der Waals surface area contributed by atoms with Crippen molar-refractivity contribution < 1.29 is 9.90 Å². The molecular formula is C16H17NO2. The van der Waals surface area contributed by atoms with Crippen molar-refractivity contribution in [1.29, 1.82) is 0 Å². The number of hydrogen-bond acceptors (Lipinski definition) is 3. The summed E-state index contributed by atoms with van der Waals surface area (Å²) in [5, 5.41) is 13.2. The Morgan fingerprint density at radius 1 is 1.21 bits per heavy atom. The Bertz CT molecular complexity index is 568. The molecule has 2 aliphatic rings. The monoisotopic (exact) mass is 255 g/mol. The van der Waals surface area contributed by atoms with Crippen LogP contribution in [0.1, 0.15) is 25.7 Å². The summed E-state index contributed by atoms with van der Waals surface area (Å²) in [6.07, 6.45) is 3.26. The number of ketones is 1. The van der Waals surface area contributed by atoms with Crippen LogP contribution in [-0.2, 0) is 4.79 Å². The Morgan fingerprint density at radius 3 is 2.47 bits per heavy atom. The minimum absolute atomic E-state index is 0.00896. The Labute approximate surface area is 112 Å². The molecule has 2 N–H and O–H groups in total. The quantitative estimate of drug-likeness (QED) is 0.868. The van der Waals surface area contributed by atoms with Gasteiger partial charge in [-0.2, -0.15) is 0 Å². The molecule has 0 bridgehead atoms. The first-order valence-corrected chi connectivity index (χ1v) is 6.56. The number of nitrogens with one attached hydrogen (secondary N) is 1. The molecule has 0 saturated heterocycles. The zero-order valence-corrected chi connectivity index (χ0v) is 10.8. The minimum atomic E-state index is 0.00896. The fourth-order valence-electron chi connectivity index (χ4n) is 2.73. The molecule has 0 radical (unpaired) electrons. The molecule has 0 aliphatic heterocycles. The van der Waals surface area contributed by atoms with Gasteiger partial charge in [0.1, 0.15) is 5.76 Å². The highest BCUT2D eigenvalue weighted by molar-refractivity contribution is 6.02. The van der Waals surface area contributed by atoms with E-state index in [1.165, 1.54) is 0 Å². The molecule has 1 aromatic rings. The smallest absolute Gasteiger partial charge is 0.168 e. The van der Waals surface area contributed by atoms with Gasteiger partial charge in [0.05, 0.1) is 5.57 Å². The predicted molar refractivity (Wildman–Crippen MR) is 74.8 cm³/mol. The van der Waals surface area contributed by atoms with Gasteiger partial charge in [0.25, 0.3) is 0 Å². The van der Waals surface area contributed by atoms with Gasteiger partial charge >= 0.3 is 0 Å². The van der Waals surface area contributed by atoms with E-state index in [4.69, 9.17) is 0 Å². The molecule has 1 aromatic carbocycles. The van der Waals surface area contributed by atoms with Gasteiger partial charge in [-0.05, 0) is 30.4 Å². The topological polar surface area (TPSA) is 49.3 Å². The van der Waals surface area contributed by atoms with Crippen LogP contribution in [0.2, 0.25) is 0 Å². The number of benzene rings is 1. The molecule has 2 aliphatic carbocycles. The Kier molecular flexibility index (Phi) is 2.70. The van der Waals surface area contributed by atoms with Crippen molar-refractivity contribution >= 4 is 11.5 Å². The Hall–Kier alpha value is -2.03. The van der Waals surface area contributed by atoms with Crippen LogP contribution in [0.3, 0.4) is 0 Å². The standard InChI is InChI=1S/C16H17NO2/c1-11(17-12-5-3-2-4-6-12)15-13(18)9-16(7-8-16)10-14(15)19/h2-6,17-18H,1,7-10H2. The highest BCUT2D eigenvalue weighted by Crippen LogP contribution is 2.56. The second-order valence-corrected chi connectivity index (χ2v) is 5.57. The number of aliphatic hydroxyl groups excluding tert-OH is 1. The van der Waals surface area contributed by atoms with Crippen LogP contribution in [0.5, 0.6) is 0 Å². The van der Waals surface area contributed by atoms with E-state index in [2.05, 4.69) is 11.9 Å². The molecule has 98 valence electrons. The number of anilines is 1. The molecule has 3 nitrogen and oxygen atoms in total. The number of carbonyl (C=O) groups is 1. The van der Waals surface area contributed by atoms with Crippen LogP contribution < -0.4 is 5.32 Å². The summed E-state index contributed by atoms with van der Waals surface area (Å²) < 4.78 is 0. The lowest BCUT2D eigenvalue weighted by Crippen LogP contribution is -2.23. The van der Waals surface area contributed by atoms with Gasteiger partial charge in [-0.15, -0.1) is 0 Å². The maximum Gasteiger partial charge on any atom is 0.168 e. The first-order chi connectivity index (χ1) is 9.10. The molecule has 3 heteroatoms. The number of allylic oxidation sites excluding steroid dienone is 2. The molecule has 3 rings (SSSR count). The number of Topliss-reactive ketones (excluding diaryl/α,β-unsaturated/α-hetero) is 1. The summed E-state index contributed by atoms with van der Waals surface area (Å²) in [4.78, 5) is 12.2. The maximum atomic E-state index is 12.2. The minimum Gasteiger partial charge on any atom is -0.511 e. The Morgan fingerprint density at radius 2 is 1.89 bits per heavy atom. The largest absolute Gasteiger partial charge is 0.511 e. The van der Waals surface area contributed by atoms with Crippen LogP contribution in [0.4, 0.5) is 5.69 Å². The predicted octanol–water partition coefficient (Wildman–Crippen LogP) is 3.57. The number of hydrogen-bond donors (Lipinski definition) is 2. The van der Waals surface area contributed by atoms with Gasteiger partial charge < -0.3 is 10.4 Å². The van der Waals surface area contributed by atoms with E-state index in [0.29, 0.717) is 24.1 Å². The van der Waals surface area contributed by atoms with Crippen molar-refractivity contribution in [1.82, 2.24) is 0 Å². The second-order valence-electron chi connectivity index (χ2n) is 5.57. The highest BCUT2D eigenvalue weighted by Gasteiger charge is 2.49. The van der Waals surface area contributed by atoms with Crippen LogP contribution >= 0.6 is 0 Å². The third-order valence-electron chi connectivity index (χ3n) is 3.97. The van der Waals surface area contributed by atoms with Crippen LogP contribution in [0.15, 0.2) is 53.9 Å². The van der Waals surface area contributed by atoms with Gasteiger partial charge in [-0.25, -0.2) is 0 Å². The SMILES string of the molecule is C=C(Nc1ccccc1)C1=C(O)CC2(CC2)CC1=O. The third kappa shape index (κ3) is 2.28. The van der Waals surface area contributed by atoms with E-state index in [1.54, 1.807) is 0 Å². The van der Waals surface area contributed by atoms with E-state index in [1.807, 2.05) is 30.3 Å².